The number of amides is 1. The monoisotopic (exact) mass is 305 g/mol. The number of carbonyl (C=O) groups is 1. The minimum atomic E-state index is -0.183. The molecule has 1 amide bonds. The molecule has 2 rings (SSSR count). The molecule has 0 spiro atoms. The summed E-state index contributed by atoms with van der Waals surface area (Å²) in [5.74, 6) is 0.376. The molecule has 0 radical (unpaired) electrons. The maximum absolute atomic E-state index is 12.1. The van der Waals surface area contributed by atoms with Gasteiger partial charge < -0.3 is 10.1 Å². The molecule has 0 bridgehead atoms. The van der Waals surface area contributed by atoms with Gasteiger partial charge in [-0.1, -0.05) is 30.3 Å². The lowest BCUT2D eigenvalue weighted by atomic mass is 10.2. The van der Waals surface area contributed by atoms with E-state index in [1.54, 1.807) is 18.2 Å². The second-order valence-corrected chi connectivity index (χ2v) is 4.03. The number of rotatable bonds is 4. The van der Waals surface area contributed by atoms with E-state index in [-0.39, 0.29) is 5.91 Å². The second-order valence-electron chi connectivity index (χ2n) is 3.57. The molecule has 2 aromatic carbocycles. The summed E-state index contributed by atoms with van der Waals surface area (Å²) >= 11 is 3.18. The quantitative estimate of drug-likeness (QED) is 0.875. The zero-order valence-electron chi connectivity index (χ0n) is 9.60. The summed E-state index contributed by atoms with van der Waals surface area (Å²) in [7, 11) is 0. The fourth-order valence-electron chi connectivity index (χ4n) is 1.56. The number of anilines is 1. The van der Waals surface area contributed by atoms with E-state index in [0.717, 1.165) is 5.69 Å². The van der Waals surface area contributed by atoms with E-state index in [1.807, 2.05) is 36.4 Å². The zero-order chi connectivity index (χ0) is 12.8. The van der Waals surface area contributed by atoms with Crippen molar-refractivity contribution in [1.29, 1.82) is 0 Å². The number of alkyl halides is 1. The van der Waals surface area contributed by atoms with Gasteiger partial charge in [0.15, 0.2) is 0 Å². The van der Waals surface area contributed by atoms with Crippen LogP contribution in [0.4, 0.5) is 5.69 Å². The molecular weight excluding hydrogens is 294 g/mol. The van der Waals surface area contributed by atoms with E-state index in [4.69, 9.17) is 4.74 Å². The van der Waals surface area contributed by atoms with Crippen LogP contribution in [0.15, 0.2) is 54.6 Å². The predicted octanol–water partition coefficient (Wildman–Crippen LogP) is 3.67. The highest BCUT2D eigenvalue weighted by Gasteiger charge is 2.11. The molecule has 0 aliphatic heterocycles. The van der Waals surface area contributed by atoms with E-state index in [9.17, 15) is 4.79 Å². The number of halogens is 1. The summed E-state index contributed by atoms with van der Waals surface area (Å²) in [5.41, 5.74) is 1.62. The Morgan fingerprint density at radius 1 is 1.06 bits per heavy atom. The number of ether oxygens (including phenoxy) is 1. The van der Waals surface area contributed by atoms with Gasteiger partial charge in [0.25, 0.3) is 5.91 Å². The normalized spacial score (nSPS) is 9.83. The predicted molar refractivity (Wildman–Crippen MR) is 75.3 cm³/mol. The van der Waals surface area contributed by atoms with E-state index in [1.165, 1.54) is 0 Å². The fraction of sp³-hybridized carbons (Fsp3) is 0.0714. The van der Waals surface area contributed by atoms with Crippen molar-refractivity contribution < 1.29 is 9.53 Å². The molecule has 0 unspecified atom stereocenters. The third-order valence-electron chi connectivity index (χ3n) is 2.37. The Bertz CT molecular complexity index is 528. The maximum Gasteiger partial charge on any atom is 0.259 e. The first-order chi connectivity index (χ1) is 8.81. The molecule has 2 aromatic rings. The molecule has 0 aliphatic rings. The Balaban J connectivity index is 2.19. The highest BCUT2D eigenvalue weighted by molar-refractivity contribution is 9.09. The number of nitrogens with one attached hydrogen (secondary N) is 1. The van der Waals surface area contributed by atoms with Crippen molar-refractivity contribution in [2.24, 2.45) is 0 Å². The van der Waals surface area contributed by atoms with Crippen LogP contribution in [0, 0.1) is 0 Å². The summed E-state index contributed by atoms with van der Waals surface area (Å²) < 4.78 is 5.35. The Kier molecular flexibility index (Phi) is 4.36. The average molecular weight is 306 g/mol. The van der Waals surface area contributed by atoms with Crippen LogP contribution < -0.4 is 10.1 Å². The van der Waals surface area contributed by atoms with E-state index in [0.29, 0.717) is 16.8 Å². The lowest BCUT2D eigenvalue weighted by Gasteiger charge is -2.09. The molecule has 0 fully saturated rings. The third-order valence-corrected chi connectivity index (χ3v) is 2.60. The smallest absolute Gasteiger partial charge is 0.259 e. The molecule has 3 nitrogen and oxygen atoms in total. The van der Waals surface area contributed by atoms with Crippen molar-refractivity contribution in [3.8, 4) is 5.75 Å². The molecule has 4 heteroatoms. The molecule has 0 atom stereocenters. The number of hydrogen-bond donors (Lipinski definition) is 1. The highest BCUT2D eigenvalue weighted by atomic mass is 79.9. The van der Waals surface area contributed by atoms with Crippen LogP contribution in [0.5, 0.6) is 5.75 Å². The first-order valence-electron chi connectivity index (χ1n) is 5.45. The van der Waals surface area contributed by atoms with Crippen LogP contribution in [0.2, 0.25) is 0 Å². The molecule has 0 aromatic heterocycles. The molecule has 0 saturated carbocycles. The van der Waals surface area contributed by atoms with Gasteiger partial charge in [0.2, 0.25) is 0 Å². The van der Waals surface area contributed by atoms with Crippen molar-refractivity contribution in [2.45, 2.75) is 0 Å². The van der Waals surface area contributed by atoms with Crippen molar-refractivity contribution in [1.82, 2.24) is 0 Å². The van der Waals surface area contributed by atoms with E-state index in [2.05, 4.69) is 21.2 Å². The summed E-state index contributed by atoms with van der Waals surface area (Å²) in [6.07, 6.45) is 0. The van der Waals surface area contributed by atoms with Crippen LogP contribution >= 0.6 is 15.9 Å². The van der Waals surface area contributed by atoms with E-state index < -0.39 is 0 Å². The summed E-state index contributed by atoms with van der Waals surface area (Å²) in [4.78, 5) is 12.1. The number of para-hydroxylation sites is 2. The first kappa shape index (κ1) is 12.6. The van der Waals surface area contributed by atoms with Gasteiger partial charge in [-0.2, -0.15) is 0 Å². The SMILES string of the molecule is O=C(Nc1ccccc1)c1ccccc1OCBr. The minimum absolute atomic E-state index is 0.183. The second kappa shape index (κ2) is 6.21. The van der Waals surface area contributed by atoms with Crippen LogP contribution in [0.1, 0.15) is 10.4 Å². The first-order valence-corrected chi connectivity index (χ1v) is 6.57. The number of hydrogen-bond acceptors (Lipinski definition) is 2. The van der Waals surface area contributed by atoms with Gasteiger partial charge in [0.05, 0.1) is 5.56 Å². The van der Waals surface area contributed by atoms with Gasteiger partial charge >= 0.3 is 0 Å². The summed E-state index contributed by atoms with van der Waals surface area (Å²) in [5, 5.41) is 2.82. The molecule has 0 saturated heterocycles. The van der Waals surface area contributed by atoms with Crippen LogP contribution in [0.25, 0.3) is 0 Å². The molecule has 1 N–H and O–H groups in total. The Morgan fingerprint density at radius 3 is 2.44 bits per heavy atom. The minimum Gasteiger partial charge on any atom is -0.482 e. The number of carbonyl (C=O) groups excluding carboxylic acids is 1. The lowest BCUT2D eigenvalue weighted by molar-refractivity contribution is 0.102. The largest absolute Gasteiger partial charge is 0.482 e. The van der Waals surface area contributed by atoms with Gasteiger partial charge in [-0.25, -0.2) is 0 Å². The van der Waals surface area contributed by atoms with Gasteiger partial charge in [-0.3, -0.25) is 4.79 Å². The zero-order valence-corrected chi connectivity index (χ0v) is 11.2. The van der Waals surface area contributed by atoms with Gasteiger partial charge in [0, 0.05) is 5.69 Å². The maximum atomic E-state index is 12.1. The van der Waals surface area contributed by atoms with Crippen molar-refractivity contribution in [2.75, 3.05) is 10.8 Å². The molecule has 0 aliphatic carbocycles. The summed E-state index contributed by atoms with van der Waals surface area (Å²) in [6, 6.07) is 16.5. The van der Waals surface area contributed by atoms with Crippen molar-refractivity contribution >= 4 is 27.5 Å². The van der Waals surface area contributed by atoms with E-state index >= 15 is 0 Å². The molecular formula is C14H12BrNO2. The highest BCUT2D eigenvalue weighted by Crippen LogP contribution is 2.20. The average Bonchev–Trinajstić information content (AvgIpc) is 2.41. The molecule has 0 heterocycles. The Hall–Kier alpha value is -1.81. The lowest BCUT2D eigenvalue weighted by Crippen LogP contribution is -2.13. The number of benzene rings is 2. The van der Waals surface area contributed by atoms with Crippen LogP contribution in [0.3, 0.4) is 0 Å². The van der Waals surface area contributed by atoms with Crippen molar-refractivity contribution in [3.05, 3.63) is 60.2 Å². The topological polar surface area (TPSA) is 38.3 Å². The standard InChI is InChI=1S/C14H12BrNO2/c15-10-18-13-9-5-4-8-12(13)14(17)16-11-6-2-1-3-7-11/h1-9H,10H2,(H,16,17). The summed E-state index contributed by atoms with van der Waals surface area (Å²) in [6.45, 7) is 0. The fourth-order valence-corrected chi connectivity index (χ4v) is 1.81. The molecule has 18 heavy (non-hydrogen) atoms. The Labute approximate surface area is 114 Å². The Morgan fingerprint density at radius 2 is 1.72 bits per heavy atom. The molecule has 92 valence electrons. The van der Waals surface area contributed by atoms with Crippen LogP contribution in [-0.4, -0.2) is 11.4 Å². The van der Waals surface area contributed by atoms with Gasteiger partial charge in [-0.15, -0.1) is 0 Å². The van der Waals surface area contributed by atoms with Crippen LogP contribution in [-0.2, 0) is 0 Å². The van der Waals surface area contributed by atoms with Crippen molar-refractivity contribution in [3.63, 3.8) is 0 Å². The van der Waals surface area contributed by atoms with Gasteiger partial charge in [-0.05, 0) is 40.2 Å². The third kappa shape index (κ3) is 3.11. The van der Waals surface area contributed by atoms with Gasteiger partial charge in [0.1, 0.15) is 11.3 Å².